The molecule has 0 spiro atoms. The minimum Gasteiger partial charge on any atom is -0.164 e. The van der Waals surface area contributed by atoms with Crippen molar-refractivity contribution in [1.29, 1.82) is 0 Å². The van der Waals surface area contributed by atoms with Crippen LogP contribution in [0, 0.1) is 0 Å². The van der Waals surface area contributed by atoms with Crippen molar-refractivity contribution in [3.8, 4) is 0 Å². The van der Waals surface area contributed by atoms with E-state index in [2.05, 4.69) is 58.8 Å². The van der Waals surface area contributed by atoms with Crippen LogP contribution in [0.1, 0.15) is 24.0 Å². The molecule has 0 saturated carbocycles. The standard InChI is InChI=1S/C20H20N2/c1-3-11-19(12-4-1)15-7-9-17-21-22-18-10-8-16-20-13-5-2-6-14-20/h1-8,11-18H,9-10H2/b15-7+,16-8+,21-17+,22-18+. The van der Waals surface area contributed by atoms with Crippen LogP contribution in [-0.2, 0) is 0 Å². The first-order chi connectivity index (χ1) is 10.9. The summed E-state index contributed by atoms with van der Waals surface area (Å²) in [6.07, 6.45) is 13.5. The van der Waals surface area contributed by atoms with Crippen molar-refractivity contribution in [2.24, 2.45) is 10.2 Å². The van der Waals surface area contributed by atoms with Crippen LogP contribution < -0.4 is 0 Å². The van der Waals surface area contributed by atoms with E-state index >= 15 is 0 Å². The van der Waals surface area contributed by atoms with Crippen molar-refractivity contribution in [2.45, 2.75) is 12.8 Å². The lowest BCUT2D eigenvalue weighted by Crippen LogP contribution is -1.73. The van der Waals surface area contributed by atoms with Crippen molar-refractivity contribution < 1.29 is 0 Å². The summed E-state index contributed by atoms with van der Waals surface area (Å²) < 4.78 is 0. The minimum absolute atomic E-state index is 0.784. The van der Waals surface area contributed by atoms with Gasteiger partial charge >= 0.3 is 0 Å². The first kappa shape index (κ1) is 15.6. The molecule has 2 rings (SSSR count). The lowest BCUT2D eigenvalue weighted by atomic mass is 10.2. The highest BCUT2D eigenvalue weighted by molar-refractivity contribution is 5.66. The number of hydrogen-bond donors (Lipinski definition) is 0. The third kappa shape index (κ3) is 6.62. The number of hydrogen-bond acceptors (Lipinski definition) is 2. The molecule has 0 saturated heterocycles. The molecule has 0 heterocycles. The van der Waals surface area contributed by atoms with Gasteiger partial charge in [0.25, 0.3) is 0 Å². The van der Waals surface area contributed by atoms with E-state index in [4.69, 9.17) is 0 Å². The molecule has 0 aliphatic rings. The maximum Gasteiger partial charge on any atom is 0.0307 e. The van der Waals surface area contributed by atoms with Crippen molar-refractivity contribution in [3.63, 3.8) is 0 Å². The molecule has 0 atom stereocenters. The third-order valence-corrected chi connectivity index (χ3v) is 2.93. The predicted octanol–water partition coefficient (Wildman–Crippen LogP) is 5.25. The first-order valence-electron chi connectivity index (χ1n) is 7.41. The van der Waals surface area contributed by atoms with Gasteiger partial charge in [-0.05, 0) is 11.1 Å². The van der Waals surface area contributed by atoms with E-state index < -0.39 is 0 Å². The zero-order valence-corrected chi connectivity index (χ0v) is 12.5. The molecular formula is C20H20N2. The summed E-state index contributed by atoms with van der Waals surface area (Å²) >= 11 is 0. The first-order valence-corrected chi connectivity index (χ1v) is 7.41. The molecule has 0 unspecified atom stereocenters. The van der Waals surface area contributed by atoms with E-state index in [-0.39, 0.29) is 0 Å². The van der Waals surface area contributed by atoms with E-state index in [1.165, 1.54) is 11.1 Å². The van der Waals surface area contributed by atoms with Crippen molar-refractivity contribution in [2.75, 3.05) is 0 Å². The fourth-order valence-electron chi connectivity index (χ4n) is 1.85. The molecule has 0 N–H and O–H groups in total. The van der Waals surface area contributed by atoms with Crippen LogP contribution in [-0.4, -0.2) is 12.4 Å². The van der Waals surface area contributed by atoms with Crippen LogP contribution in [0.25, 0.3) is 12.2 Å². The zero-order valence-electron chi connectivity index (χ0n) is 12.5. The van der Waals surface area contributed by atoms with Crippen molar-refractivity contribution in [1.82, 2.24) is 0 Å². The molecule has 0 fully saturated rings. The summed E-state index contributed by atoms with van der Waals surface area (Å²) in [5.41, 5.74) is 2.40. The normalized spacial score (nSPS) is 12.2. The van der Waals surface area contributed by atoms with Crippen LogP contribution in [0.15, 0.2) is 83.0 Å². The summed E-state index contributed by atoms with van der Waals surface area (Å²) in [7, 11) is 0. The van der Waals surface area contributed by atoms with Crippen molar-refractivity contribution >= 4 is 24.6 Å². The molecule has 2 aromatic carbocycles. The largest absolute Gasteiger partial charge is 0.164 e. The van der Waals surface area contributed by atoms with Gasteiger partial charge in [-0.15, -0.1) is 0 Å². The quantitative estimate of drug-likeness (QED) is 0.491. The molecular weight excluding hydrogens is 268 g/mol. The van der Waals surface area contributed by atoms with Gasteiger partial charge in [-0.1, -0.05) is 85.0 Å². The maximum atomic E-state index is 4.01. The van der Waals surface area contributed by atoms with Gasteiger partial charge in [0.15, 0.2) is 0 Å². The highest BCUT2D eigenvalue weighted by Gasteiger charge is 1.82. The molecule has 0 radical (unpaired) electrons. The van der Waals surface area contributed by atoms with Crippen LogP contribution in [0.5, 0.6) is 0 Å². The van der Waals surface area contributed by atoms with Gasteiger partial charge in [-0.2, -0.15) is 10.2 Å². The molecule has 110 valence electrons. The molecule has 0 aromatic heterocycles. The second-order valence-corrected chi connectivity index (χ2v) is 4.69. The number of rotatable bonds is 7. The fraction of sp³-hybridized carbons (Fsp3) is 0.100. The van der Waals surface area contributed by atoms with E-state index in [0.29, 0.717) is 0 Å². The topological polar surface area (TPSA) is 24.7 Å². The SMILES string of the molecule is C(=C\c1ccccc1)/C/C=N/N=C/C/C=C/c1ccccc1. The summed E-state index contributed by atoms with van der Waals surface area (Å²) in [6.45, 7) is 0. The van der Waals surface area contributed by atoms with Crippen LogP contribution >= 0.6 is 0 Å². The van der Waals surface area contributed by atoms with Gasteiger partial charge in [-0.3, -0.25) is 0 Å². The van der Waals surface area contributed by atoms with Gasteiger partial charge in [0.05, 0.1) is 0 Å². The lowest BCUT2D eigenvalue weighted by molar-refractivity contribution is 1.23. The maximum absolute atomic E-state index is 4.01. The Balaban J connectivity index is 1.63. The summed E-state index contributed by atoms with van der Waals surface area (Å²) in [5.74, 6) is 0. The molecule has 0 amide bonds. The fourth-order valence-corrected chi connectivity index (χ4v) is 1.85. The Morgan fingerprint density at radius 3 is 1.41 bits per heavy atom. The summed E-state index contributed by atoms with van der Waals surface area (Å²) in [5, 5.41) is 8.01. The Hall–Kier alpha value is -2.74. The Bertz CT molecular complexity index is 578. The monoisotopic (exact) mass is 288 g/mol. The highest BCUT2D eigenvalue weighted by Crippen LogP contribution is 2.02. The third-order valence-electron chi connectivity index (χ3n) is 2.93. The van der Waals surface area contributed by atoms with Gasteiger partial charge < -0.3 is 0 Å². The van der Waals surface area contributed by atoms with E-state index in [1.54, 1.807) is 12.4 Å². The van der Waals surface area contributed by atoms with E-state index in [9.17, 15) is 0 Å². The van der Waals surface area contributed by atoms with E-state index in [0.717, 1.165) is 12.8 Å². The molecule has 2 heteroatoms. The number of allylic oxidation sites excluding steroid dienone is 2. The molecule has 2 aromatic rings. The second kappa shape index (κ2) is 10.1. The van der Waals surface area contributed by atoms with Crippen LogP contribution in [0.2, 0.25) is 0 Å². The van der Waals surface area contributed by atoms with Gasteiger partial charge in [0.1, 0.15) is 0 Å². The Kier molecular flexibility index (Phi) is 7.15. The highest BCUT2D eigenvalue weighted by atomic mass is 15.2. The second-order valence-electron chi connectivity index (χ2n) is 4.69. The predicted molar refractivity (Wildman–Crippen MR) is 97.2 cm³/mol. The number of benzene rings is 2. The Labute approximate surface area is 132 Å². The number of nitrogens with zero attached hydrogens (tertiary/aromatic N) is 2. The minimum atomic E-state index is 0.784. The van der Waals surface area contributed by atoms with Gasteiger partial charge in [-0.25, -0.2) is 0 Å². The van der Waals surface area contributed by atoms with Crippen LogP contribution in [0.3, 0.4) is 0 Å². The van der Waals surface area contributed by atoms with Crippen LogP contribution in [0.4, 0.5) is 0 Å². The van der Waals surface area contributed by atoms with E-state index in [1.807, 2.05) is 36.4 Å². The Morgan fingerprint density at radius 1 is 0.591 bits per heavy atom. The molecule has 0 aliphatic carbocycles. The molecule has 0 aliphatic heterocycles. The van der Waals surface area contributed by atoms with Crippen molar-refractivity contribution in [3.05, 3.63) is 83.9 Å². The molecule has 22 heavy (non-hydrogen) atoms. The summed E-state index contributed by atoms with van der Waals surface area (Å²) in [6, 6.07) is 20.4. The molecule has 0 bridgehead atoms. The summed E-state index contributed by atoms with van der Waals surface area (Å²) in [4.78, 5) is 0. The zero-order chi connectivity index (χ0) is 15.3. The molecule has 2 nitrogen and oxygen atoms in total. The Morgan fingerprint density at radius 2 is 1.00 bits per heavy atom. The van der Waals surface area contributed by atoms with Gasteiger partial charge in [0, 0.05) is 25.3 Å². The average Bonchev–Trinajstić information content (AvgIpc) is 2.58. The lowest BCUT2D eigenvalue weighted by Gasteiger charge is -1.89. The average molecular weight is 288 g/mol. The smallest absolute Gasteiger partial charge is 0.0307 e. The van der Waals surface area contributed by atoms with Gasteiger partial charge in [0.2, 0.25) is 0 Å².